The molecule has 20 heavy (non-hydrogen) atoms. The van der Waals surface area contributed by atoms with Crippen molar-refractivity contribution >= 4 is 23.4 Å². The maximum absolute atomic E-state index is 11.2. The SMILES string of the molecule is C=CC(=O)Nc1ccc(Sc2ccc(C)c(C)c2)cc1. The average Bonchev–Trinajstić information content (AvgIpc) is 2.45. The van der Waals surface area contributed by atoms with Crippen molar-refractivity contribution in [1.82, 2.24) is 0 Å². The second kappa shape index (κ2) is 6.44. The van der Waals surface area contributed by atoms with Crippen LogP contribution in [-0.2, 0) is 4.79 Å². The van der Waals surface area contributed by atoms with Crippen LogP contribution >= 0.6 is 11.8 Å². The van der Waals surface area contributed by atoms with Gasteiger partial charge in [0.05, 0.1) is 0 Å². The largest absolute Gasteiger partial charge is 0.323 e. The highest BCUT2D eigenvalue weighted by Gasteiger charge is 2.01. The van der Waals surface area contributed by atoms with E-state index in [2.05, 4.69) is 43.9 Å². The zero-order valence-electron chi connectivity index (χ0n) is 11.6. The van der Waals surface area contributed by atoms with Crippen LogP contribution in [0.3, 0.4) is 0 Å². The molecule has 0 aliphatic heterocycles. The molecule has 0 heterocycles. The first-order valence-electron chi connectivity index (χ1n) is 6.37. The Bertz CT molecular complexity index is 632. The van der Waals surface area contributed by atoms with Crippen LogP contribution in [0.2, 0.25) is 0 Å². The second-order valence-corrected chi connectivity index (χ2v) is 5.71. The average molecular weight is 283 g/mol. The Morgan fingerprint density at radius 3 is 2.30 bits per heavy atom. The molecular weight excluding hydrogens is 266 g/mol. The van der Waals surface area contributed by atoms with E-state index in [1.807, 2.05) is 24.3 Å². The third-order valence-electron chi connectivity index (χ3n) is 3.02. The maximum atomic E-state index is 11.2. The number of carbonyl (C=O) groups excluding carboxylic acids is 1. The second-order valence-electron chi connectivity index (χ2n) is 4.57. The molecule has 2 aromatic rings. The molecule has 2 rings (SSSR count). The summed E-state index contributed by atoms with van der Waals surface area (Å²) in [5.41, 5.74) is 3.38. The normalized spacial score (nSPS) is 10.1. The summed E-state index contributed by atoms with van der Waals surface area (Å²) in [6.07, 6.45) is 1.26. The lowest BCUT2D eigenvalue weighted by Crippen LogP contribution is -2.06. The lowest BCUT2D eigenvalue weighted by molar-refractivity contribution is -0.111. The summed E-state index contributed by atoms with van der Waals surface area (Å²) in [7, 11) is 0. The summed E-state index contributed by atoms with van der Waals surface area (Å²) < 4.78 is 0. The third kappa shape index (κ3) is 3.75. The first-order chi connectivity index (χ1) is 9.58. The highest BCUT2D eigenvalue weighted by Crippen LogP contribution is 2.29. The van der Waals surface area contributed by atoms with Crippen LogP contribution in [-0.4, -0.2) is 5.91 Å². The zero-order valence-corrected chi connectivity index (χ0v) is 12.5. The molecule has 0 unspecified atom stereocenters. The van der Waals surface area contributed by atoms with E-state index >= 15 is 0 Å². The standard InChI is InChI=1S/C17H17NOS/c1-4-17(19)18-14-6-9-15(10-7-14)20-16-8-5-12(2)13(3)11-16/h4-11H,1H2,2-3H3,(H,18,19). The Labute approximate surface area is 123 Å². The van der Waals surface area contributed by atoms with Crippen LogP contribution in [0.5, 0.6) is 0 Å². The van der Waals surface area contributed by atoms with Gasteiger partial charge in [0.15, 0.2) is 0 Å². The molecule has 102 valence electrons. The minimum Gasteiger partial charge on any atom is -0.323 e. The Balaban J connectivity index is 2.08. The molecule has 2 aromatic carbocycles. The van der Waals surface area contributed by atoms with Crippen LogP contribution < -0.4 is 5.32 Å². The van der Waals surface area contributed by atoms with E-state index in [4.69, 9.17) is 0 Å². The molecule has 2 nitrogen and oxygen atoms in total. The molecule has 0 radical (unpaired) electrons. The van der Waals surface area contributed by atoms with Gasteiger partial charge in [0.25, 0.3) is 0 Å². The van der Waals surface area contributed by atoms with Crippen LogP contribution in [0.1, 0.15) is 11.1 Å². The molecule has 0 fully saturated rings. The van der Waals surface area contributed by atoms with Crippen LogP contribution in [0.4, 0.5) is 5.69 Å². The number of nitrogens with one attached hydrogen (secondary N) is 1. The molecule has 0 saturated carbocycles. The number of rotatable bonds is 4. The number of amides is 1. The highest BCUT2D eigenvalue weighted by molar-refractivity contribution is 7.99. The predicted molar refractivity (Wildman–Crippen MR) is 85.3 cm³/mol. The molecule has 0 aliphatic carbocycles. The molecule has 0 aromatic heterocycles. The van der Waals surface area contributed by atoms with Gasteiger partial charge in [0.1, 0.15) is 0 Å². The quantitative estimate of drug-likeness (QED) is 0.832. The van der Waals surface area contributed by atoms with E-state index in [0.29, 0.717) is 0 Å². The van der Waals surface area contributed by atoms with Crippen molar-refractivity contribution in [2.75, 3.05) is 5.32 Å². The Kier molecular flexibility index (Phi) is 4.64. The van der Waals surface area contributed by atoms with E-state index in [1.54, 1.807) is 11.8 Å². The van der Waals surface area contributed by atoms with Gasteiger partial charge in [0, 0.05) is 15.5 Å². The van der Waals surface area contributed by atoms with Crippen molar-refractivity contribution < 1.29 is 4.79 Å². The molecule has 1 amide bonds. The predicted octanol–water partition coefficient (Wildman–Crippen LogP) is 4.58. The van der Waals surface area contributed by atoms with Crippen molar-refractivity contribution in [2.45, 2.75) is 23.6 Å². The molecule has 0 bridgehead atoms. The Morgan fingerprint density at radius 2 is 1.70 bits per heavy atom. The van der Waals surface area contributed by atoms with Gasteiger partial charge in [-0.3, -0.25) is 4.79 Å². The fraction of sp³-hybridized carbons (Fsp3) is 0.118. The van der Waals surface area contributed by atoms with Crippen molar-refractivity contribution in [1.29, 1.82) is 0 Å². The van der Waals surface area contributed by atoms with Gasteiger partial charge in [0.2, 0.25) is 5.91 Å². The number of hydrogen-bond acceptors (Lipinski definition) is 2. The van der Waals surface area contributed by atoms with E-state index in [1.165, 1.54) is 22.1 Å². The third-order valence-corrected chi connectivity index (χ3v) is 4.02. The zero-order chi connectivity index (χ0) is 14.5. The van der Waals surface area contributed by atoms with Crippen molar-refractivity contribution in [3.8, 4) is 0 Å². The van der Waals surface area contributed by atoms with Gasteiger partial charge in [-0.1, -0.05) is 24.4 Å². The first-order valence-corrected chi connectivity index (χ1v) is 7.19. The monoisotopic (exact) mass is 283 g/mol. The first kappa shape index (κ1) is 14.4. The summed E-state index contributed by atoms with van der Waals surface area (Å²) in [5.74, 6) is -0.195. The van der Waals surface area contributed by atoms with Crippen LogP contribution in [0.25, 0.3) is 0 Å². The van der Waals surface area contributed by atoms with Crippen LogP contribution in [0, 0.1) is 13.8 Å². The van der Waals surface area contributed by atoms with Gasteiger partial charge in [-0.15, -0.1) is 0 Å². The van der Waals surface area contributed by atoms with Crippen LogP contribution in [0.15, 0.2) is 64.9 Å². The summed E-state index contributed by atoms with van der Waals surface area (Å²) in [6.45, 7) is 7.66. The number of hydrogen-bond donors (Lipinski definition) is 1. The van der Waals surface area contributed by atoms with Gasteiger partial charge in [-0.05, 0) is 67.4 Å². The smallest absolute Gasteiger partial charge is 0.247 e. The number of carbonyl (C=O) groups is 1. The maximum Gasteiger partial charge on any atom is 0.247 e. The van der Waals surface area contributed by atoms with E-state index in [9.17, 15) is 4.79 Å². The summed E-state index contributed by atoms with van der Waals surface area (Å²) >= 11 is 1.71. The number of benzene rings is 2. The molecular formula is C17H17NOS. The Hall–Kier alpha value is -2.00. The van der Waals surface area contributed by atoms with E-state index in [0.717, 1.165) is 10.6 Å². The topological polar surface area (TPSA) is 29.1 Å². The van der Waals surface area contributed by atoms with Crippen molar-refractivity contribution in [3.63, 3.8) is 0 Å². The fourth-order valence-electron chi connectivity index (χ4n) is 1.71. The minimum atomic E-state index is -0.195. The number of aryl methyl sites for hydroxylation is 2. The Morgan fingerprint density at radius 1 is 1.05 bits per heavy atom. The number of anilines is 1. The van der Waals surface area contributed by atoms with Gasteiger partial charge < -0.3 is 5.32 Å². The van der Waals surface area contributed by atoms with Crippen molar-refractivity contribution in [2.24, 2.45) is 0 Å². The highest BCUT2D eigenvalue weighted by atomic mass is 32.2. The summed E-state index contributed by atoms with van der Waals surface area (Å²) in [6, 6.07) is 14.2. The van der Waals surface area contributed by atoms with Gasteiger partial charge in [-0.25, -0.2) is 0 Å². The van der Waals surface area contributed by atoms with Gasteiger partial charge >= 0.3 is 0 Å². The minimum absolute atomic E-state index is 0.195. The molecule has 0 atom stereocenters. The molecule has 0 spiro atoms. The summed E-state index contributed by atoms with van der Waals surface area (Å²) in [5, 5.41) is 2.73. The lowest BCUT2D eigenvalue weighted by atomic mass is 10.1. The fourth-order valence-corrected chi connectivity index (χ4v) is 2.63. The molecule has 0 aliphatic rings. The molecule has 1 N–H and O–H groups in total. The summed E-state index contributed by atoms with van der Waals surface area (Å²) in [4.78, 5) is 13.6. The van der Waals surface area contributed by atoms with E-state index in [-0.39, 0.29) is 5.91 Å². The van der Waals surface area contributed by atoms with E-state index < -0.39 is 0 Å². The lowest BCUT2D eigenvalue weighted by Gasteiger charge is -2.06. The molecule has 0 saturated heterocycles. The van der Waals surface area contributed by atoms with Crippen molar-refractivity contribution in [3.05, 3.63) is 66.2 Å². The van der Waals surface area contributed by atoms with Gasteiger partial charge in [-0.2, -0.15) is 0 Å². The molecule has 3 heteroatoms.